The first-order valence-corrected chi connectivity index (χ1v) is 9.82. The van der Waals surface area contributed by atoms with Crippen LogP contribution in [0.15, 0.2) is 61.7 Å². The molecule has 0 saturated heterocycles. The standard InChI is InChI=1S/C22H20NO3S/c1-3-23(4-2)17-11-9-15-13-16(22(24)26-19(15)14-17)10-12-21-25-18-7-5-6-8-20(18)27-21/h5-14H,3-4H2,1-2H3/q+1/b16-10-,21-12-. The second kappa shape index (κ2) is 7.45. The molecule has 0 N–H and O–H groups in total. The van der Waals surface area contributed by atoms with Crippen molar-refractivity contribution in [1.82, 2.24) is 0 Å². The lowest BCUT2D eigenvalue weighted by molar-refractivity contribution is -0.518. The second-order valence-electron chi connectivity index (χ2n) is 6.19. The van der Waals surface area contributed by atoms with Gasteiger partial charge in [-0.25, -0.2) is 9.37 Å². The Hall–Kier alpha value is -2.79. The van der Waals surface area contributed by atoms with Crippen molar-refractivity contribution in [2.75, 3.05) is 13.1 Å². The highest BCUT2D eigenvalue weighted by atomic mass is 32.2. The van der Waals surface area contributed by atoms with Gasteiger partial charge in [0.2, 0.25) is 5.71 Å². The molecule has 0 spiro atoms. The molecule has 1 aliphatic carbocycles. The van der Waals surface area contributed by atoms with E-state index in [9.17, 15) is 4.79 Å². The molecule has 0 fully saturated rings. The van der Waals surface area contributed by atoms with E-state index in [0.717, 1.165) is 40.1 Å². The fourth-order valence-electron chi connectivity index (χ4n) is 3.10. The molecular weight excluding hydrogens is 358 g/mol. The largest absolute Gasteiger partial charge is 0.449 e. The van der Waals surface area contributed by atoms with Crippen molar-refractivity contribution in [2.24, 2.45) is 0 Å². The Bertz CT molecular complexity index is 1140. The van der Waals surface area contributed by atoms with E-state index in [1.807, 2.05) is 48.6 Å². The summed E-state index contributed by atoms with van der Waals surface area (Å²) >= 11 is 1.54. The maximum Gasteiger partial charge on any atom is 0.343 e. The number of rotatable bonds is 3. The van der Waals surface area contributed by atoms with Crippen molar-refractivity contribution in [2.45, 2.75) is 18.7 Å². The van der Waals surface area contributed by atoms with Gasteiger partial charge in [0.1, 0.15) is 24.3 Å². The van der Waals surface area contributed by atoms with Crippen molar-refractivity contribution < 1.29 is 13.7 Å². The maximum absolute atomic E-state index is 12.4. The molecule has 2 heterocycles. The first-order chi connectivity index (χ1) is 13.2. The number of thioether (sulfide) groups is 1. The number of para-hydroxylation sites is 1. The first kappa shape index (κ1) is 17.6. The highest BCUT2D eigenvalue weighted by Crippen LogP contribution is 2.42. The summed E-state index contributed by atoms with van der Waals surface area (Å²) in [5.74, 6) is 0.844. The van der Waals surface area contributed by atoms with E-state index < -0.39 is 0 Å². The molecule has 0 bridgehead atoms. The zero-order valence-electron chi connectivity index (χ0n) is 15.3. The number of hydrogen-bond acceptors (Lipinski definition) is 4. The molecule has 4 rings (SSSR count). The zero-order chi connectivity index (χ0) is 18.8. The molecule has 27 heavy (non-hydrogen) atoms. The molecule has 0 amide bonds. The highest BCUT2D eigenvalue weighted by Gasteiger charge is 2.16. The van der Waals surface area contributed by atoms with E-state index in [4.69, 9.17) is 9.15 Å². The van der Waals surface area contributed by atoms with E-state index in [1.54, 1.807) is 17.8 Å². The number of ether oxygens (including phenoxy) is 1. The smallest absolute Gasteiger partial charge is 0.343 e. The summed E-state index contributed by atoms with van der Waals surface area (Å²) in [6, 6.07) is 9.72. The van der Waals surface area contributed by atoms with E-state index in [0.29, 0.717) is 10.6 Å². The van der Waals surface area contributed by atoms with Crippen molar-refractivity contribution in [3.8, 4) is 5.75 Å². The molecule has 2 aliphatic rings. The Morgan fingerprint density at radius 2 is 1.93 bits per heavy atom. The molecule has 1 aromatic carbocycles. The lowest BCUT2D eigenvalue weighted by Gasteiger charge is -2.04. The third-order valence-corrected chi connectivity index (χ3v) is 5.52. The van der Waals surface area contributed by atoms with Crippen LogP contribution in [0.25, 0.3) is 18.2 Å². The van der Waals surface area contributed by atoms with Crippen LogP contribution < -0.4 is 21.0 Å². The normalized spacial score (nSPS) is 16.7. The molecule has 1 aliphatic heterocycles. The third-order valence-electron chi connectivity index (χ3n) is 4.54. The number of nitrogens with zero attached hydrogens (tertiary/aromatic N) is 1. The SMILES string of the molecule is CC[N+](CC)=C1C=Cc2c/c(=C/C=C3/Oc4ccccc4S3)c(=O)oc2=C1. The summed E-state index contributed by atoms with van der Waals surface area (Å²) in [7, 11) is 0. The van der Waals surface area contributed by atoms with Gasteiger partial charge in [-0.15, -0.1) is 0 Å². The van der Waals surface area contributed by atoms with E-state index in [-0.39, 0.29) is 5.63 Å². The molecule has 0 saturated carbocycles. The van der Waals surface area contributed by atoms with E-state index in [2.05, 4.69) is 24.5 Å². The van der Waals surface area contributed by atoms with Gasteiger partial charge >= 0.3 is 5.63 Å². The van der Waals surface area contributed by atoms with Gasteiger partial charge in [-0.2, -0.15) is 0 Å². The van der Waals surface area contributed by atoms with E-state index in [1.165, 1.54) is 0 Å². The Kier molecular flexibility index (Phi) is 4.86. The van der Waals surface area contributed by atoms with E-state index >= 15 is 0 Å². The second-order valence-corrected chi connectivity index (χ2v) is 7.23. The van der Waals surface area contributed by atoms with Crippen LogP contribution in [0.4, 0.5) is 0 Å². The molecule has 5 heteroatoms. The lowest BCUT2D eigenvalue weighted by atomic mass is 10.1. The summed E-state index contributed by atoms with van der Waals surface area (Å²) in [5, 5.41) is 1.25. The van der Waals surface area contributed by atoms with Crippen molar-refractivity contribution in [3.63, 3.8) is 0 Å². The predicted octanol–water partition coefficient (Wildman–Crippen LogP) is 2.75. The van der Waals surface area contributed by atoms with Gasteiger partial charge in [-0.1, -0.05) is 12.1 Å². The summed E-state index contributed by atoms with van der Waals surface area (Å²) in [6.07, 6.45) is 9.54. The summed E-state index contributed by atoms with van der Waals surface area (Å²) in [5.41, 5.74) is 2.21. The summed E-state index contributed by atoms with van der Waals surface area (Å²) < 4.78 is 13.6. The minimum atomic E-state index is -0.350. The van der Waals surface area contributed by atoms with Gasteiger partial charge < -0.3 is 9.15 Å². The third kappa shape index (κ3) is 3.55. The van der Waals surface area contributed by atoms with Crippen LogP contribution in [0.5, 0.6) is 5.75 Å². The monoisotopic (exact) mass is 378 g/mol. The van der Waals surface area contributed by atoms with Gasteiger partial charge in [-0.3, -0.25) is 0 Å². The van der Waals surface area contributed by atoms with Gasteiger partial charge in [0.25, 0.3) is 0 Å². The van der Waals surface area contributed by atoms with Crippen molar-refractivity contribution in [3.05, 3.63) is 74.2 Å². The van der Waals surface area contributed by atoms with Gasteiger partial charge in [0.15, 0.2) is 5.09 Å². The number of hydrogen-bond donors (Lipinski definition) is 0. The van der Waals surface area contributed by atoms with Crippen LogP contribution in [-0.4, -0.2) is 23.4 Å². The molecule has 136 valence electrons. The molecule has 0 radical (unpaired) electrons. The minimum absolute atomic E-state index is 0.350. The van der Waals surface area contributed by atoms with Crippen LogP contribution in [0.2, 0.25) is 0 Å². The van der Waals surface area contributed by atoms with Gasteiger partial charge in [0, 0.05) is 11.6 Å². The Labute approximate surface area is 161 Å². The van der Waals surface area contributed by atoms with Gasteiger partial charge in [-0.05, 0) is 62.0 Å². The average Bonchev–Trinajstić information content (AvgIpc) is 3.10. The zero-order valence-corrected chi connectivity index (χ0v) is 16.1. The average molecular weight is 378 g/mol. The quantitative estimate of drug-likeness (QED) is 0.771. The fraction of sp³-hybridized carbons (Fsp3) is 0.182. The van der Waals surface area contributed by atoms with Crippen LogP contribution >= 0.6 is 11.8 Å². The van der Waals surface area contributed by atoms with Crippen molar-refractivity contribution >= 4 is 35.7 Å². The molecular formula is C22H20NO3S+. The van der Waals surface area contributed by atoms with Crippen LogP contribution in [0, 0.1) is 0 Å². The molecule has 4 nitrogen and oxygen atoms in total. The lowest BCUT2D eigenvalue weighted by Crippen LogP contribution is -2.32. The minimum Gasteiger partial charge on any atom is -0.449 e. The predicted molar refractivity (Wildman–Crippen MR) is 110 cm³/mol. The Morgan fingerprint density at radius 3 is 2.70 bits per heavy atom. The van der Waals surface area contributed by atoms with Gasteiger partial charge in [0.05, 0.1) is 16.2 Å². The number of benzene rings is 1. The van der Waals surface area contributed by atoms with Crippen molar-refractivity contribution in [1.29, 1.82) is 0 Å². The fourth-order valence-corrected chi connectivity index (χ4v) is 3.94. The topological polar surface area (TPSA) is 42.5 Å². The Balaban J connectivity index is 1.70. The van der Waals surface area contributed by atoms with Crippen LogP contribution in [0.3, 0.4) is 0 Å². The first-order valence-electron chi connectivity index (χ1n) is 9.00. The molecule has 0 atom stereocenters. The van der Waals surface area contributed by atoms with Crippen LogP contribution in [0.1, 0.15) is 19.4 Å². The Morgan fingerprint density at radius 1 is 1.11 bits per heavy atom. The summed E-state index contributed by atoms with van der Waals surface area (Å²) in [6.45, 7) is 6.03. The maximum atomic E-state index is 12.4. The molecule has 1 aromatic heterocycles. The molecule has 0 unspecified atom stereocenters. The number of fused-ring (bicyclic) bond motifs is 2. The summed E-state index contributed by atoms with van der Waals surface area (Å²) in [4.78, 5) is 13.5. The molecule has 2 aromatic rings. The highest BCUT2D eigenvalue weighted by molar-refractivity contribution is 8.03. The van der Waals surface area contributed by atoms with Crippen LogP contribution in [-0.2, 0) is 0 Å². The number of allylic oxidation sites excluding steroid dienone is 2.